The molecule has 1 fully saturated rings. The topological polar surface area (TPSA) is 89.1 Å². The molecule has 2 amide bonds. The van der Waals surface area contributed by atoms with Gasteiger partial charge in [-0.15, -0.1) is 0 Å². The Morgan fingerprint density at radius 1 is 0.921 bits per heavy atom. The zero-order valence-corrected chi connectivity index (χ0v) is 21.9. The largest absolute Gasteiger partial charge is 0.382 e. The summed E-state index contributed by atoms with van der Waals surface area (Å²) in [7, 11) is 1.62. The monoisotopic (exact) mass is 517 g/mol. The number of hydrogen-bond donors (Lipinski definition) is 2. The zero-order valence-electron chi connectivity index (χ0n) is 21.9. The van der Waals surface area contributed by atoms with Crippen molar-refractivity contribution >= 4 is 23.2 Å². The summed E-state index contributed by atoms with van der Waals surface area (Å²) in [6.07, 6.45) is 0. The molecule has 1 heterocycles. The first kappa shape index (κ1) is 27.5. The lowest BCUT2D eigenvalue weighted by molar-refractivity contribution is -0.122. The number of nitrogens with zero attached hydrogens (tertiary/aromatic N) is 1. The molecule has 0 spiro atoms. The van der Waals surface area contributed by atoms with Gasteiger partial charge in [0.25, 0.3) is 5.91 Å². The summed E-state index contributed by atoms with van der Waals surface area (Å²) in [5, 5.41) is 5.97. The van der Waals surface area contributed by atoms with Gasteiger partial charge in [-0.1, -0.05) is 48.5 Å². The van der Waals surface area contributed by atoms with E-state index in [1.54, 1.807) is 19.2 Å². The number of carbonyl (C=O) groups excluding carboxylic acids is 2. The van der Waals surface area contributed by atoms with Gasteiger partial charge < -0.3 is 24.8 Å². The van der Waals surface area contributed by atoms with E-state index >= 15 is 0 Å². The fourth-order valence-corrected chi connectivity index (χ4v) is 4.23. The van der Waals surface area contributed by atoms with Crippen LogP contribution in [0.15, 0.2) is 72.8 Å². The summed E-state index contributed by atoms with van der Waals surface area (Å²) in [6.45, 7) is 5.68. The lowest BCUT2D eigenvalue weighted by Gasteiger charge is -2.31. The number of anilines is 2. The van der Waals surface area contributed by atoms with Crippen molar-refractivity contribution in [2.24, 2.45) is 0 Å². The van der Waals surface area contributed by atoms with Gasteiger partial charge in [0.15, 0.2) is 0 Å². The molecule has 8 nitrogen and oxygen atoms in total. The Morgan fingerprint density at radius 3 is 2.34 bits per heavy atom. The van der Waals surface area contributed by atoms with E-state index in [0.717, 1.165) is 16.7 Å². The van der Waals surface area contributed by atoms with Gasteiger partial charge in [-0.05, 0) is 42.3 Å². The molecular weight excluding hydrogens is 482 g/mol. The predicted molar refractivity (Wildman–Crippen MR) is 148 cm³/mol. The molecule has 38 heavy (non-hydrogen) atoms. The smallest absolute Gasteiger partial charge is 0.255 e. The molecular formula is C30H35N3O5. The van der Waals surface area contributed by atoms with Crippen molar-refractivity contribution in [1.82, 2.24) is 4.90 Å². The lowest BCUT2D eigenvalue weighted by Crippen LogP contribution is -2.47. The van der Waals surface area contributed by atoms with E-state index in [2.05, 4.69) is 15.5 Å². The maximum Gasteiger partial charge on any atom is 0.255 e. The van der Waals surface area contributed by atoms with Crippen LogP contribution in [0.1, 0.15) is 22.8 Å². The number of morpholine rings is 1. The second kappa shape index (κ2) is 13.8. The summed E-state index contributed by atoms with van der Waals surface area (Å²) >= 11 is 0. The third kappa shape index (κ3) is 7.49. The average molecular weight is 518 g/mol. The van der Waals surface area contributed by atoms with Crippen LogP contribution in [0.4, 0.5) is 11.4 Å². The number of carbonyl (C=O) groups is 2. The highest BCUT2D eigenvalue weighted by Gasteiger charge is 2.24. The summed E-state index contributed by atoms with van der Waals surface area (Å²) in [6, 6.07) is 22.7. The molecule has 3 aromatic rings. The summed E-state index contributed by atoms with van der Waals surface area (Å²) in [4.78, 5) is 28.3. The molecule has 1 saturated heterocycles. The molecule has 2 N–H and O–H groups in total. The van der Waals surface area contributed by atoms with Crippen molar-refractivity contribution in [3.8, 4) is 11.1 Å². The van der Waals surface area contributed by atoms with Gasteiger partial charge in [-0.2, -0.15) is 0 Å². The first-order valence-electron chi connectivity index (χ1n) is 12.8. The van der Waals surface area contributed by atoms with Gasteiger partial charge in [0.1, 0.15) is 0 Å². The van der Waals surface area contributed by atoms with Gasteiger partial charge in [0.2, 0.25) is 5.91 Å². The second-order valence-electron chi connectivity index (χ2n) is 9.13. The van der Waals surface area contributed by atoms with Crippen LogP contribution in [0.3, 0.4) is 0 Å². The summed E-state index contributed by atoms with van der Waals surface area (Å²) in [5.74, 6) is -0.403. The molecule has 0 saturated carbocycles. The minimum absolute atomic E-state index is 0.140. The van der Waals surface area contributed by atoms with Gasteiger partial charge in [0, 0.05) is 42.7 Å². The minimum Gasteiger partial charge on any atom is -0.382 e. The molecule has 1 unspecified atom stereocenters. The maximum atomic E-state index is 13.1. The van der Waals surface area contributed by atoms with Crippen molar-refractivity contribution in [2.75, 3.05) is 57.3 Å². The van der Waals surface area contributed by atoms with Crippen molar-refractivity contribution in [3.05, 3.63) is 83.9 Å². The number of methoxy groups -OCH3 is 1. The number of benzene rings is 3. The van der Waals surface area contributed by atoms with Crippen LogP contribution in [-0.4, -0.2) is 69.4 Å². The Labute approximate surface area is 223 Å². The Bertz CT molecular complexity index is 1190. The van der Waals surface area contributed by atoms with Crippen LogP contribution in [0.2, 0.25) is 0 Å². The molecule has 0 aliphatic carbocycles. The van der Waals surface area contributed by atoms with Crippen molar-refractivity contribution < 1.29 is 23.8 Å². The van der Waals surface area contributed by atoms with Gasteiger partial charge >= 0.3 is 0 Å². The van der Waals surface area contributed by atoms with E-state index in [1.807, 2.05) is 67.6 Å². The molecule has 0 radical (unpaired) electrons. The highest BCUT2D eigenvalue weighted by Crippen LogP contribution is 2.23. The SMILES string of the molecule is COCCOCc1ccc(C(=O)Nc2ccc(-c3ccccc3)cc2)cc1NC(=O)C(C)N1CCOCC1. The molecule has 3 aromatic carbocycles. The van der Waals surface area contributed by atoms with Crippen molar-refractivity contribution in [1.29, 1.82) is 0 Å². The molecule has 1 atom stereocenters. The Hall–Kier alpha value is -3.56. The molecule has 0 bridgehead atoms. The van der Waals surface area contributed by atoms with Crippen LogP contribution in [-0.2, 0) is 25.6 Å². The summed E-state index contributed by atoms with van der Waals surface area (Å²) < 4.78 is 16.2. The average Bonchev–Trinajstić information content (AvgIpc) is 2.96. The van der Waals surface area contributed by atoms with Crippen LogP contribution < -0.4 is 10.6 Å². The first-order valence-corrected chi connectivity index (χ1v) is 12.8. The molecule has 8 heteroatoms. The number of amides is 2. The predicted octanol–water partition coefficient (Wildman–Crippen LogP) is 4.43. The fraction of sp³-hybridized carbons (Fsp3) is 0.333. The van der Waals surface area contributed by atoms with E-state index < -0.39 is 0 Å². The quantitative estimate of drug-likeness (QED) is 0.366. The van der Waals surface area contributed by atoms with Crippen molar-refractivity contribution in [3.63, 3.8) is 0 Å². The normalized spacial score (nSPS) is 14.6. The van der Waals surface area contributed by atoms with Crippen LogP contribution >= 0.6 is 0 Å². The van der Waals surface area contributed by atoms with E-state index in [0.29, 0.717) is 56.5 Å². The van der Waals surface area contributed by atoms with Gasteiger partial charge in [-0.3, -0.25) is 14.5 Å². The lowest BCUT2D eigenvalue weighted by atomic mass is 10.1. The Kier molecular flexibility index (Phi) is 10.0. The standard InChI is InChI=1S/C30H35N3O5/c1-22(33-14-16-37-17-15-33)29(34)32-28-20-25(8-9-26(28)21-38-19-18-36-2)30(35)31-27-12-10-24(11-13-27)23-6-4-3-5-7-23/h3-13,20,22H,14-19,21H2,1-2H3,(H,31,35)(H,32,34). The Morgan fingerprint density at radius 2 is 1.63 bits per heavy atom. The minimum atomic E-state index is -0.332. The number of hydrogen-bond acceptors (Lipinski definition) is 6. The number of nitrogens with one attached hydrogen (secondary N) is 2. The van der Waals surface area contributed by atoms with E-state index in [9.17, 15) is 9.59 Å². The fourth-order valence-electron chi connectivity index (χ4n) is 4.23. The van der Waals surface area contributed by atoms with E-state index in [4.69, 9.17) is 14.2 Å². The molecule has 1 aliphatic heterocycles. The summed E-state index contributed by atoms with van der Waals surface area (Å²) in [5.41, 5.74) is 4.65. The highest BCUT2D eigenvalue weighted by atomic mass is 16.5. The highest BCUT2D eigenvalue weighted by molar-refractivity contribution is 6.06. The molecule has 0 aromatic heterocycles. The maximum absolute atomic E-state index is 13.1. The molecule has 1 aliphatic rings. The Balaban J connectivity index is 1.47. The third-order valence-corrected chi connectivity index (χ3v) is 6.54. The molecule has 200 valence electrons. The van der Waals surface area contributed by atoms with E-state index in [-0.39, 0.29) is 24.5 Å². The van der Waals surface area contributed by atoms with Gasteiger partial charge in [0.05, 0.1) is 39.1 Å². The zero-order chi connectivity index (χ0) is 26.7. The third-order valence-electron chi connectivity index (χ3n) is 6.54. The molecule has 4 rings (SSSR count). The van der Waals surface area contributed by atoms with Crippen molar-refractivity contribution in [2.45, 2.75) is 19.6 Å². The second-order valence-corrected chi connectivity index (χ2v) is 9.13. The van der Waals surface area contributed by atoms with Crippen LogP contribution in [0, 0.1) is 0 Å². The number of rotatable bonds is 11. The van der Waals surface area contributed by atoms with E-state index in [1.165, 1.54) is 0 Å². The van der Waals surface area contributed by atoms with Crippen LogP contribution in [0.25, 0.3) is 11.1 Å². The van der Waals surface area contributed by atoms with Crippen LogP contribution in [0.5, 0.6) is 0 Å². The van der Waals surface area contributed by atoms with Gasteiger partial charge in [-0.25, -0.2) is 0 Å². The first-order chi connectivity index (χ1) is 18.5. The number of ether oxygens (including phenoxy) is 3.